The zero-order valence-electron chi connectivity index (χ0n) is 16.9. The van der Waals surface area contributed by atoms with Gasteiger partial charge in [0.05, 0.1) is 13.2 Å². The monoisotopic (exact) mass is 399 g/mol. The second-order valence-electron chi connectivity index (χ2n) is 6.57. The number of carbonyl (C=O) groups is 2. The van der Waals surface area contributed by atoms with E-state index in [1.54, 1.807) is 6.07 Å². The first kappa shape index (κ1) is 22.1. The summed E-state index contributed by atoms with van der Waals surface area (Å²) < 4.78 is 23.7. The van der Waals surface area contributed by atoms with Crippen LogP contribution in [0, 0.1) is 5.82 Å². The molecule has 1 amide bonds. The minimum Gasteiger partial charge on any atom is -0.494 e. The summed E-state index contributed by atoms with van der Waals surface area (Å²) in [6.45, 7) is 3.56. The summed E-state index contributed by atoms with van der Waals surface area (Å²) in [6, 6.07) is 13.8. The molecule has 0 unspecified atom stereocenters. The lowest BCUT2D eigenvalue weighted by molar-refractivity contribution is -0.150. The van der Waals surface area contributed by atoms with Crippen LogP contribution in [0.1, 0.15) is 43.9 Å². The summed E-state index contributed by atoms with van der Waals surface area (Å²) in [5.74, 6) is -1.46. The number of benzene rings is 2. The molecule has 0 aliphatic rings. The van der Waals surface area contributed by atoms with E-state index in [0.29, 0.717) is 5.56 Å². The van der Waals surface area contributed by atoms with Crippen molar-refractivity contribution in [3.05, 3.63) is 71.6 Å². The van der Waals surface area contributed by atoms with Crippen LogP contribution in [-0.2, 0) is 14.3 Å². The SMILES string of the molecule is CCC[C@@H](NC(=O)[C@H](C)OC(=O)/C=C/c1ccc(OC)c(F)c1)c1ccccc1. The third kappa shape index (κ3) is 6.75. The van der Waals surface area contributed by atoms with Crippen LogP contribution in [0.4, 0.5) is 4.39 Å². The molecule has 2 aromatic carbocycles. The lowest BCUT2D eigenvalue weighted by Crippen LogP contribution is -2.38. The summed E-state index contributed by atoms with van der Waals surface area (Å²) in [5.41, 5.74) is 1.48. The van der Waals surface area contributed by atoms with Gasteiger partial charge in [0.25, 0.3) is 5.91 Å². The quantitative estimate of drug-likeness (QED) is 0.500. The Labute approximate surface area is 170 Å². The van der Waals surface area contributed by atoms with Gasteiger partial charge in [0, 0.05) is 6.08 Å². The highest BCUT2D eigenvalue weighted by molar-refractivity contribution is 5.90. The van der Waals surface area contributed by atoms with E-state index in [9.17, 15) is 14.0 Å². The fourth-order valence-electron chi connectivity index (χ4n) is 2.80. The first-order valence-electron chi connectivity index (χ1n) is 9.52. The van der Waals surface area contributed by atoms with Gasteiger partial charge >= 0.3 is 5.97 Å². The van der Waals surface area contributed by atoms with Crippen molar-refractivity contribution in [3.8, 4) is 5.75 Å². The molecule has 0 saturated heterocycles. The fraction of sp³-hybridized carbons (Fsp3) is 0.304. The normalized spacial score (nSPS) is 13.0. The first-order chi connectivity index (χ1) is 13.9. The maximum atomic E-state index is 13.7. The maximum absolute atomic E-state index is 13.7. The molecule has 0 heterocycles. The van der Waals surface area contributed by atoms with Crippen molar-refractivity contribution in [3.63, 3.8) is 0 Å². The predicted molar refractivity (Wildman–Crippen MR) is 110 cm³/mol. The summed E-state index contributed by atoms with van der Waals surface area (Å²) in [7, 11) is 1.38. The average Bonchev–Trinajstić information content (AvgIpc) is 2.72. The number of rotatable bonds is 9. The molecule has 0 aromatic heterocycles. The average molecular weight is 399 g/mol. The second kappa shape index (κ2) is 11.0. The van der Waals surface area contributed by atoms with Gasteiger partial charge in [0.1, 0.15) is 0 Å². The number of esters is 1. The lowest BCUT2D eigenvalue weighted by Gasteiger charge is -2.21. The van der Waals surface area contributed by atoms with E-state index in [1.165, 1.54) is 32.2 Å². The molecule has 0 aliphatic carbocycles. The molecule has 0 aliphatic heterocycles. The Hall–Kier alpha value is -3.15. The highest BCUT2D eigenvalue weighted by atomic mass is 19.1. The van der Waals surface area contributed by atoms with E-state index < -0.39 is 17.9 Å². The van der Waals surface area contributed by atoms with Crippen molar-refractivity contribution in [2.75, 3.05) is 7.11 Å². The number of hydrogen-bond acceptors (Lipinski definition) is 4. The summed E-state index contributed by atoms with van der Waals surface area (Å²) in [4.78, 5) is 24.5. The van der Waals surface area contributed by atoms with Gasteiger partial charge in [-0.1, -0.05) is 49.7 Å². The second-order valence-corrected chi connectivity index (χ2v) is 6.57. The van der Waals surface area contributed by atoms with Crippen molar-refractivity contribution >= 4 is 18.0 Å². The largest absolute Gasteiger partial charge is 0.494 e. The van der Waals surface area contributed by atoms with Gasteiger partial charge in [-0.2, -0.15) is 0 Å². The molecule has 154 valence electrons. The highest BCUT2D eigenvalue weighted by Gasteiger charge is 2.20. The summed E-state index contributed by atoms with van der Waals surface area (Å²) >= 11 is 0. The minimum atomic E-state index is -0.956. The Morgan fingerprint density at radius 3 is 2.52 bits per heavy atom. The molecule has 2 aromatic rings. The molecule has 0 bridgehead atoms. The molecule has 2 atom stereocenters. The molecule has 0 radical (unpaired) electrons. The smallest absolute Gasteiger partial charge is 0.331 e. The van der Waals surface area contributed by atoms with Crippen LogP contribution in [0.25, 0.3) is 6.08 Å². The molecular formula is C23H26FNO4. The van der Waals surface area contributed by atoms with Crippen molar-refractivity contribution in [2.24, 2.45) is 0 Å². The van der Waals surface area contributed by atoms with Crippen LogP contribution >= 0.6 is 0 Å². The van der Waals surface area contributed by atoms with E-state index in [2.05, 4.69) is 5.32 Å². The van der Waals surface area contributed by atoms with Gasteiger partial charge in [-0.15, -0.1) is 0 Å². The number of carbonyl (C=O) groups excluding carboxylic acids is 2. The fourth-order valence-corrected chi connectivity index (χ4v) is 2.80. The third-order valence-corrected chi connectivity index (χ3v) is 4.35. The number of nitrogens with one attached hydrogen (secondary N) is 1. The van der Waals surface area contributed by atoms with Crippen LogP contribution in [0.5, 0.6) is 5.75 Å². The van der Waals surface area contributed by atoms with Crippen LogP contribution in [-0.4, -0.2) is 25.1 Å². The zero-order valence-corrected chi connectivity index (χ0v) is 16.9. The maximum Gasteiger partial charge on any atom is 0.331 e. The van der Waals surface area contributed by atoms with Crippen molar-refractivity contribution in [2.45, 2.75) is 38.8 Å². The van der Waals surface area contributed by atoms with Crippen molar-refractivity contribution in [1.29, 1.82) is 0 Å². The molecule has 0 spiro atoms. The van der Waals surface area contributed by atoms with Gasteiger partial charge in [0.15, 0.2) is 17.7 Å². The van der Waals surface area contributed by atoms with Crippen LogP contribution in [0.3, 0.4) is 0 Å². The molecule has 5 nitrogen and oxygen atoms in total. The number of hydrogen-bond donors (Lipinski definition) is 1. The topological polar surface area (TPSA) is 64.6 Å². The Balaban J connectivity index is 1.93. The molecular weight excluding hydrogens is 373 g/mol. The number of ether oxygens (including phenoxy) is 2. The Morgan fingerprint density at radius 1 is 1.17 bits per heavy atom. The standard InChI is InChI=1S/C23H26FNO4/c1-4-8-20(18-9-6-5-7-10-18)25-23(27)16(2)29-22(26)14-12-17-11-13-21(28-3)19(24)15-17/h5-7,9-16,20H,4,8H2,1-3H3,(H,25,27)/b14-12+/t16-,20+/m0/s1. The van der Waals surface area contributed by atoms with Gasteiger partial charge in [-0.05, 0) is 42.7 Å². The summed E-state index contributed by atoms with van der Waals surface area (Å²) in [5, 5.41) is 2.93. The predicted octanol–water partition coefficient (Wildman–Crippen LogP) is 4.44. The van der Waals surface area contributed by atoms with E-state index in [-0.39, 0.29) is 17.7 Å². The Kier molecular flexibility index (Phi) is 8.40. The highest BCUT2D eigenvalue weighted by Crippen LogP contribution is 2.19. The first-order valence-corrected chi connectivity index (χ1v) is 9.52. The molecule has 6 heteroatoms. The van der Waals surface area contributed by atoms with Gasteiger partial charge < -0.3 is 14.8 Å². The van der Waals surface area contributed by atoms with Crippen molar-refractivity contribution in [1.82, 2.24) is 5.32 Å². The molecule has 0 saturated carbocycles. The van der Waals surface area contributed by atoms with Crippen LogP contribution in [0.2, 0.25) is 0 Å². The van der Waals surface area contributed by atoms with E-state index in [4.69, 9.17) is 9.47 Å². The summed E-state index contributed by atoms with van der Waals surface area (Å²) in [6.07, 6.45) is 3.29. The van der Waals surface area contributed by atoms with E-state index in [1.807, 2.05) is 37.3 Å². The number of methoxy groups -OCH3 is 1. The van der Waals surface area contributed by atoms with Gasteiger partial charge in [-0.25, -0.2) is 9.18 Å². The Bertz CT molecular complexity index is 851. The zero-order chi connectivity index (χ0) is 21.2. The third-order valence-electron chi connectivity index (χ3n) is 4.35. The number of amides is 1. The van der Waals surface area contributed by atoms with Crippen LogP contribution in [0.15, 0.2) is 54.6 Å². The molecule has 2 rings (SSSR count). The Morgan fingerprint density at radius 2 is 1.90 bits per heavy atom. The molecule has 29 heavy (non-hydrogen) atoms. The van der Waals surface area contributed by atoms with E-state index in [0.717, 1.165) is 24.5 Å². The molecule has 0 fully saturated rings. The lowest BCUT2D eigenvalue weighted by atomic mass is 10.0. The van der Waals surface area contributed by atoms with Crippen LogP contribution < -0.4 is 10.1 Å². The van der Waals surface area contributed by atoms with Gasteiger partial charge in [-0.3, -0.25) is 4.79 Å². The van der Waals surface area contributed by atoms with E-state index >= 15 is 0 Å². The van der Waals surface area contributed by atoms with Crippen molar-refractivity contribution < 1.29 is 23.5 Å². The van der Waals surface area contributed by atoms with Gasteiger partial charge in [0.2, 0.25) is 0 Å². The minimum absolute atomic E-state index is 0.120. The molecule has 1 N–H and O–H groups in total. The number of halogens is 1.